The summed E-state index contributed by atoms with van der Waals surface area (Å²) < 4.78 is 35.7. The average molecular weight is 235 g/mol. The number of ether oxygens (including phenoxy) is 1. The molecular formula is C10H12F3NO2. The van der Waals surface area contributed by atoms with Crippen molar-refractivity contribution in [3.05, 3.63) is 35.9 Å². The van der Waals surface area contributed by atoms with Gasteiger partial charge in [0.15, 0.2) is 0 Å². The summed E-state index contributed by atoms with van der Waals surface area (Å²) in [5.41, 5.74) is 5.53. The van der Waals surface area contributed by atoms with Gasteiger partial charge in [0.05, 0.1) is 6.61 Å². The van der Waals surface area contributed by atoms with Gasteiger partial charge in [-0.3, -0.25) is 9.53 Å². The number of primary amides is 1. The maximum absolute atomic E-state index is 10.8. The predicted molar refractivity (Wildman–Crippen MR) is 52.6 cm³/mol. The van der Waals surface area contributed by atoms with Gasteiger partial charge in [0.2, 0.25) is 5.91 Å². The molecule has 0 aliphatic rings. The molecule has 0 bridgehead atoms. The fourth-order valence-electron chi connectivity index (χ4n) is 0.766. The van der Waals surface area contributed by atoms with Crippen LogP contribution in [0, 0.1) is 0 Å². The van der Waals surface area contributed by atoms with Crippen molar-refractivity contribution in [3.63, 3.8) is 0 Å². The minimum Gasteiger partial charge on any atom is -0.366 e. The Hall–Kier alpha value is -1.56. The molecule has 90 valence electrons. The van der Waals surface area contributed by atoms with Crippen LogP contribution in [0.1, 0.15) is 17.3 Å². The Kier molecular flexibility index (Phi) is 6.17. The molecule has 1 aromatic rings. The Morgan fingerprint density at radius 1 is 1.31 bits per heavy atom. The number of amides is 1. The third-order valence-corrected chi connectivity index (χ3v) is 1.37. The van der Waals surface area contributed by atoms with Crippen LogP contribution in [0.2, 0.25) is 0 Å². The number of hydrogen-bond donors (Lipinski definition) is 1. The van der Waals surface area contributed by atoms with Crippen LogP contribution >= 0.6 is 0 Å². The van der Waals surface area contributed by atoms with Crippen molar-refractivity contribution in [2.45, 2.75) is 13.3 Å². The number of alkyl halides is 3. The topological polar surface area (TPSA) is 52.3 Å². The fraction of sp³-hybridized carbons (Fsp3) is 0.300. The molecule has 1 rings (SSSR count). The van der Waals surface area contributed by atoms with Crippen LogP contribution in [0.15, 0.2) is 30.3 Å². The standard InChI is InChI=1S/C7H7NO.C3H5F3O/c8-7(9)6-4-2-1-3-5-6;1-2-7-3(4,5)6/h1-5H,(H2,8,9);2H2,1H3. The highest BCUT2D eigenvalue weighted by molar-refractivity contribution is 5.92. The van der Waals surface area contributed by atoms with Crippen LogP contribution in [0.4, 0.5) is 13.2 Å². The zero-order valence-corrected chi connectivity index (χ0v) is 8.62. The van der Waals surface area contributed by atoms with E-state index < -0.39 is 6.36 Å². The molecule has 0 saturated carbocycles. The third-order valence-electron chi connectivity index (χ3n) is 1.37. The van der Waals surface area contributed by atoms with E-state index in [0.717, 1.165) is 0 Å². The van der Waals surface area contributed by atoms with E-state index in [9.17, 15) is 18.0 Å². The Bertz CT molecular complexity index is 312. The zero-order valence-electron chi connectivity index (χ0n) is 8.62. The Labute approximate surface area is 91.0 Å². The molecule has 0 radical (unpaired) electrons. The lowest BCUT2D eigenvalue weighted by Gasteiger charge is -2.01. The smallest absolute Gasteiger partial charge is 0.366 e. The molecule has 2 N–H and O–H groups in total. The molecule has 0 heterocycles. The summed E-state index contributed by atoms with van der Waals surface area (Å²) >= 11 is 0. The second-order valence-corrected chi connectivity index (χ2v) is 2.61. The molecule has 0 aliphatic carbocycles. The average Bonchev–Trinajstić information content (AvgIpc) is 2.18. The first-order valence-corrected chi connectivity index (χ1v) is 4.42. The number of rotatable bonds is 2. The van der Waals surface area contributed by atoms with Crippen molar-refractivity contribution in [1.29, 1.82) is 0 Å². The first-order valence-electron chi connectivity index (χ1n) is 4.42. The number of benzene rings is 1. The lowest BCUT2D eigenvalue weighted by Crippen LogP contribution is -2.12. The van der Waals surface area contributed by atoms with E-state index in [2.05, 4.69) is 4.74 Å². The molecule has 0 atom stereocenters. The van der Waals surface area contributed by atoms with Crippen LogP contribution in [-0.4, -0.2) is 18.9 Å². The Morgan fingerprint density at radius 2 is 1.81 bits per heavy atom. The Morgan fingerprint density at radius 3 is 2.00 bits per heavy atom. The van der Waals surface area contributed by atoms with Gasteiger partial charge >= 0.3 is 6.36 Å². The number of carbonyl (C=O) groups is 1. The SMILES string of the molecule is CCOC(F)(F)F.NC(=O)c1ccccc1. The number of halogens is 3. The summed E-state index contributed by atoms with van der Waals surface area (Å²) in [5.74, 6) is -0.379. The molecule has 0 aliphatic heterocycles. The van der Waals surface area contributed by atoms with Crippen molar-refractivity contribution in [3.8, 4) is 0 Å². The van der Waals surface area contributed by atoms with E-state index in [4.69, 9.17) is 5.73 Å². The van der Waals surface area contributed by atoms with E-state index >= 15 is 0 Å². The molecule has 0 aromatic heterocycles. The monoisotopic (exact) mass is 235 g/mol. The highest BCUT2D eigenvalue weighted by Crippen LogP contribution is 2.14. The van der Waals surface area contributed by atoms with Crippen molar-refractivity contribution < 1.29 is 22.7 Å². The molecule has 16 heavy (non-hydrogen) atoms. The van der Waals surface area contributed by atoms with E-state index in [1.807, 2.05) is 6.07 Å². The largest absolute Gasteiger partial charge is 0.522 e. The molecule has 0 unspecified atom stereocenters. The zero-order chi connectivity index (χ0) is 12.6. The molecule has 6 heteroatoms. The minimum absolute atomic E-state index is 0.316. The summed E-state index contributed by atoms with van der Waals surface area (Å²) in [4.78, 5) is 10.4. The number of hydrogen-bond acceptors (Lipinski definition) is 2. The summed E-state index contributed by atoms with van der Waals surface area (Å²) in [6.07, 6.45) is -4.45. The fourth-order valence-corrected chi connectivity index (χ4v) is 0.766. The minimum atomic E-state index is -4.45. The van der Waals surface area contributed by atoms with Crippen LogP contribution in [-0.2, 0) is 4.74 Å². The van der Waals surface area contributed by atoms with Crippen LogP contribution < -0.4 is 5.73 Å². The van der Waals surface area contributed by atoms with Crippen molar-refractivity contribution in [1.82, 2.24) is 0 Å². The normalized spacial score (nSPS) is 10.2. The van der Waals surface area contributed by atoms with E-state index in [1.54, 1.807) is 24.3 Å². The summed E-state index contributed by atoms with van der Waals surface area (Å²) in [6.45, 7) is 0.969. The third kappa shape index (κ3) is 7.81. The van der Waals surface area contributed by atoms with Gasteiger partial charge < -0.3 is 5.73 Å². The molecule has 0 saturated heterocycles. The van der Waals surface area contributed by atoms with Gasteiger partial charge in [-0.2, -0.15) is 0 Å². The van der Waals surface area contributed by atoms with Gasteiger partial charge in [-0.25, -0.2) is 0 Å². The quantitative estimate of drug-likeness (QED) is 0.855. The second-order valence-electron chi connectivity index (χ2n) is 2.61. The first-order chi connectivity index (χ1) is 7.37. The van der Waals surface area contributed by atoms with Gasteiger partial charge in [-0.05, 0) is 19.1 Å². The van der Waals surface area contributed by atoms with Gasteiger partial charge in [0, 0.05) is 5.56 Å². The van der Waals surface area contributed by atoms with Crippen LogP contribution in [0.5, 0.6) is 0 Å². The van der Waals surface area contributed by atoms with Crippen LogP contribution in [0.3, 0.4) is 0 Å². The first kappa shape index (κ1) is 14.4. The van der Waals surface area contributed by atoms with Crippen molar-refractivity contribution in [2.75, 3.05) is 6.61 Å². The van der Waals surface area contributed by atoms with Crippen LogP contribution in [0.25, 0.3) is 0 Å². The molecule has 0 spiro atoms. The van der Waals surface area contributed by atoms with E-state index in [-0.39, 0.29) is 12.5 Å². The summed E-state index contributed by atoms with van der Waals surface area (Å²) in [6, 6.07) is 8.76. The molecule has 1 amide bonds. The Balaban J connectivity index is 0.000000293. The molecule has 0 fully saturated rings. The molecule has 3 nitrogen and oxygen atoms in total. The lowest BCUT2D eigenvalue weighted by molar-refractivity contribution is -0.322. The van der Waals surface area contributed by atoms with E-state index in [0.29, 0.717) is 5.56 Å². The highest BCUT2D eigenvalue weighted by Gasteiger charge is 2.27. The summed E-state index contributed by atoms with van der Waals surface area (Å²) in [7, 11) is 0. The van der Waals surface area contributed by atoms with Crippen molar-refractivity contribution in [2.24, 2.45) is 5.73 Å². The lowest BCUT2D eigenvalue weighted by atomic mass is 10.2. The predicted octanol–water partition coefficient (Wildman–Crippen LogP) is 2.33. The maximum atomic E-state index is 10.8. The highest BCUT2D eigenvalue weighted by atomic mass is 19.4. The molecule has 1 aromatic carbocycles. The van der Waals surface area contributed by atoms with Gasteiger partial charge in [0.1, 0.15) is 0 Å². The van der Waals surface area contributed by atoms with Gasteiger partial charge in [-0.1, -0.05) is 18.2 Å². The van der Waals surface area contributed by atoms with Crippen molar-refractivity contribution >= 4 is 5.91 Å². The van der Waals surface area contributed by atoms with E-state index in [1.165, 1.54) is 6.92 Å². The maximum Gasteiger partial charge on any atom is 0.522 e. The number of carbonyl (C=O) groups excluding carboxylic acids is 1. The van der Waals surface area contributed by atoms with Gasteiger partial charge in [0.25, 0.3) is 0 Å². The summed E-state index contributed by atoms with van der Waals surface area (Å²) in [5, 5.41) is 0. The van der Waals surface area contributed by atoms with Gasteiger partial charge in [-0.15, -0.1) is 13.2 Å². The number of nitrogens with two attached hydrogens (primary N) is 1. The molecular weight excluding hydrogens is 223 g/mol. The second kappa shape index (κ2) is 6.84.